The second kappa shape index (κ2) is 6.55. The quantitative estimate of drug-likeness (QED) is 0.750. The standard InChI is InChI=1S/C19H18FN3O2/c20-13-4-3-5-15(10-13)25-12-19(24)21-11-18-22-16-6-1-2-7-17(16)23(18)14-8-9-14/h1-7,10,14H,8-9,11-12H2,(H,21,24). The average Bonchev–Trinajstić information content (AvgIpc) is 3.38. The monoisotopic (exact) mass is 339 g/mol. The second-order valence-corrected chi connectivity index (χ2v) is 6.14. The number of ether oxygens (including phenoxy) is 1. The molecule has 0 bridgehead atoms. The maximum absolute atomic E-state index is 13.1. The smallest absolute Gasteiger partial charge is 0.258 e. The SMILES string of the molecule is O=C(COc1cccc(F)c1)NCc1nc2ccccc2n1C1CC1. The van der Waals surface area contributed by atoms with E-state index in [2.05, 4.69) is 20.9 Å². The van der Waals surface area contributed by atoms with E-state index >= 15 is 0 Å². The molecule has 1 saturated carbocycles. The number of aromatic nitrogens is 2. The van der Waals surface area contributed by atoms with Gasteiger partial charge in [-0.05, 0) is 37.1 Å². The Bertz CT molecular complexity index is 918. The number of amides is 1. The number of fused-ring (bicyclic) bond motifs is 1. The normalized spacial score (nSPS) is 13.8. The highest BCUT2D eigenvalue weighted by atomic mass is 19.1. The van der Waals surface area contributed by atoms with E-state index in [1.807, 2.05) is 18.2 Å². The third kappa shape index (κ3) is 3.47. The van der Waals surface area contributed by atoms with Crippen LogP contribution in [-0.2, 0) is 11.3 Å². The number of benzene rings is 2. The lowest BCUT2D eigenvalue weighted by atomic mass is 10.3. The minimum atomic E-state index is -0.393. The molecule has 0 unspecified atom stereocenters. The first kappa shape index (κ1) is 15.6. The third-order valence-corrected chi connectivity index (χ3v) is 4.19. The maximum atomic E-state index is 13.1. The van der Waals surface area contributed by atoms with Gasteiger partial charge in [-0.15, -0.1) is 0 Å². The molecule has 0 spiro atoms. The van der Waals surface area contributed by atoms with Crippen LogP contribution in [0.3, 0.4) is 0 Å². The Hall–Kier alpha value is -2.89. The summed E-state index contributed by atoms with van der Waals surface area (Å²) in [6.45, 7) is 0.184. The molecule has 1 fully saturated rings. The number of nitrogens with one attached hydrogen (secondary N) is 1. The van der Waals surface area contributed by atoms with Gasteiger partial charge in [0.25, 0.3) is 5.91 Å². The molecule has 0 saturated heterocycles. The molecule has 1 aliphatic carbocycles. The van der Waals surface area contributed by atoms with Crippen LogP contribution < -0.4 is 10.1 Å². The maximum Gasteiger partial charge on any atom is 0.258 e. The van der Waals surface area contributed by atoms with Gasteiger partial charge in [0.15, 0.2) is 6.61 Å². The van der Waals surface area contributed by atoms with Crippen molar-refractivity contribution in [3.63, 3.8) is 0 Å². The molecule has 6 heteroatoms. The number of nitrogens with zero attached hydrogens (tertiary/aromatic N) is 2. The van der Waals surface area contributed by atoms with Crippen LogP contribution >= 0.6 is 0 Å². The van der Waals surface area contributed by atoms with Gasteiger partial charge in [0, 0.05) is 12.1 Å². The molecule has 5 nitrogen and oxygen atoms in total. The molecule has 128 valence electrons. The van der Waals surface area contributed by atoms with Crippen LogP contribution in [0.25, 0.3) is 11.0 Å². The lowest BCUT2D eigenvalue weighted by Gasteiger charge is -2.10. The van der Waals surface area contributed by atoms with Gasteiger partial charge in [0.2, 0.25) is 0 Å². The first-order valence-corrected chi connectivity index (χ1v) is 8.31. The summed E-state index contributed by atoms with van der Waals surface area (Å²) in [5.41, 5.74) is 2.04. The minimum Gasteiger partial charge on any atom is -0.484 e. The Kier molecular flexibility index (Phi) is 4.09. The molecule has 25 heavy (non-hydrogen) atoms. The fourth-order valence-corrected chi connectivity index (χ4v) is 2.89. The molecule has 0 atom stereocenters. The van der Waals surface area contributed by atoms with Gasteiger partial charge in [0.1, 0.15) is 17.4 Å². The lowest BCUT2D eigenvalue weighted by Crippen LogP contribution is -2.29. The average molecular weight is 339 g/mol. The van der Waals surface area contributed by atoms with Gasteiger partial charge in [0.05, 0.1) is 17.6 Å². The summed E-state index contributed by atoms with van der Waals surface area (Å²) >= 11 is 0. The Morgan fingerprint density at radius 1 is 1.24 bits per heavy atom. The van der Waals surface area contributed by atoms with E-state index < -0.39 is 5.82 Å². The molecule has 1 heterocycles. The summed E-state index contributed by atoms with van der Waals surface area (Å²) in [6, 6.07) is 14.2. The number of imidazole rings is 1. The number of para-hydroxylation sites is 2. The highest BCUT2D eigenvalue weighted by Crippen LogP contribution is 2.38. The van der Waals surface area contributed by atoms with E-state index in [0.717, 1.165) is 29.7 Å². The Morgan fingerprint density at radius 3 is 2.88 bits per heavy atom. The first-order valence-electron chi connectivity index (χ1n) is 8.31. The van der Waals surface area contributed by atoms with Crippen LogP contribution in [0.2, 0.25) is 0 Å². The van der Waals surface area contributed by atoms with E-state index in [0.29, 0.717) is 18.3 Å². The molecule has 3 aromatic rings. The number of carbonyl (C=O) groups is 1. The van der Waals surface area contributed by atoms with Gasteiger partial charge in [-0.3, -0.25) is 4.79 Å². The molecule has 1 amide bonds. The van der Waals surface area contributed by atoms with Crippen molar-refractivity contribution in [3.8, 4) is 5.75 Å². The summed E-state index contributed by atoms with van der Waals surface area (Å²) in [7, 11) is 0. The zero-order valence-electron chi connectivity index (χ0n) is 13.6. The second-order valence-electron chi connectivity index (χ2n) is 6.14. The molecule has 2 aromatic carbocycles. The molecule has 1 N–H and O–H groups in total. The Morgan fingerprint density at radius 2 is 2.08 bits per heavy atom. The van der Waals surface area contributed by atoms with Crippen molar-refractivity contribution in [3.05, 3.63) is 60.2 Å². The summed E-state index contributed by atoms with van der Waals surface area (Å²) in [4.78, 5) is 16.7. The first-order chi connectivity index (χ1) is 12.2. The van der Waals surface area contributed by atoms with Crippen LogP contribution in [0.1, 0.15) is 24.7 Å². The van der Waals surface area contributed by atoms with Crippen molar-refractivity contribution >= 4 is 16.9 Å². The van der Waals surface area contributed by atoms with Crippen molar-refractivity contribution in [2.24, 2.45) is 0 Å². The Labute approximate surface area is 144 Å². The number of carbonyl (C=O) groups excluding carboxylic acids is 1. The fourth-order valence-electron chi connectivity index (χ4n) is 2.89. The predicted octanol–water partition coefficient (Wildman–Crippen LogP) is 3.21. The lowest BCUT2D eigenvalue weighted by molar-refractivity contribution is -0.123. The van der Waals surface area contributed by atoms with Gasteiger partial charge in [-0.1, -0.05) is 18.2 Å². The van der Waals surface area contributed by atoms with Crippen LogP contribution in [0.5, 0.6) is 5.75 Å². The summed E-state index contributed by atoms with van der Waals surface area (Å²) < 4.78 is 20.6. The van der Waals surface area contributed by atoms with Crippen molar-refractivity contribution in [2.75, 3.05) is 6.61 Å². The van der Waals surface area contributed by atoms with Gasteiger partial charge in [-0.25, -0.2) is 9.37 Å². The van der Waals surface area contributed by atoms with Crippen molar-refractivity contribution < 1.29 is 13.9 Å². The van der Waals surface area contributed by atoms with Crippen molar-refractivity contribution in [1.82, 2.24) is 14.9 Å². The highest BCUT2D eigenvalue weighted by molar-refractivity contribution is 5.78. The van der Waals surface area contributed by atoms with Crippen LogP contribution in [0, 0.1) is 5.82 Å². The summed E-state index contributed by atoms with van der Waals surface area (Å²) in [6.07, 6.45) is 2.29. The van der Waals surface area contributed by atoms with Gasteiger partial charge >= 0.3 is 0 Å². The molecular formula is C19H18FN3O2. The largest absolute Gasteiger partial charge is 0.484 e. The highest BCUT2D eigenvalue weighted by Gasteiger charge is 2.28. The third-order valence-electron chi connectivity index (χ3n) is 4.19. The van der Waals surface area contributed by atoms with Gasteiger partial charge in [-0.2, -0.15) is 0 Å². The zero-order valence-corrected chi connectivity index (χ0v) is 13.6. The molecular weight excluding hydrogens is 321 g/mol. The molecule has 1 aromatic heterocycles. The summed E-state index contributed by atoms with van der Waals surface area (Å²) in [5.74, 6) is 0.526. The van der Waals surface area contributed by atoms with Crippen LogP contribution in [0.4, 0.5) is 4.39 Å². The number of halogens is 1. The van der Waals surface area contributed by atoms with Gasteiger partial charge < -0.3 is 14.6 Å². The summed E-state index contributed by atoms with van der Waals surface area (Å²) in [5, 5.41) is 2.83. The van der Waals surface area contributed by atoms with Crippen molar-refractivity contribution in [1.29, 1.82) is 0 Å². The van der Waals surface area contributed by atoms with E-state index in [-0.39, 0.29) is 12.5 Å². The predicted molar refractivity (Wildman–Crippen MR) is 91.7 cm³/mol. The van der Waals surface area contributed by atoms with Crippen LogP contribution in [-0.4, -0.2) is 22.1 Å². The molecule has 0 radical (unpaired) electrons. The zero-order chi connectivity index (χ0) is 17.2. The van der Waals surface area contributed by atoms with E-state index in [1.165, 1.54) is 12.1 Å². The minimum absolute atomic E-state index is 0.160. The van der Waals surface area contributed by atoms with E-state index in [1.54, 1.807) is 12.1 Å². The number of rotatable bonds is 6. The molecule has 1 aliphatic rings. The fraction of sp³-hybridized carbons (Fsp3) is 0.263. The van der Waals surface area contributed by atoms with E-state index in [4.69, 9.17) is 4.74 Å². The Balaban J connectivity index is 1.40. The van der Waals surface area contributed by atoms with Crippen LogP contribution in [0.15, 0.2) is 48.5 Å². The number of hydrogen-bond donors (Lipinski definition) is 1. The molecule has 0 aliphatic heterocycles. The van der Waals surface area contributed by atoms with E-state index in [9.17, 15) is 9.18 Å². The topological polar surface area (TPSA) is 56.1 Å². The number of hydrogen-bond acceptors (Lipinski definition) is 3. The van der Waals surface area contributed by atoms with Crippen molar-refractivity contribution in [2.45, 2.75) is 25.4 Å². The molecule has 4 rings (SSSR count).